The number of fused-ring (bicyclic) bond motifs is 1. The van der Waals surface area contributed by atoms with Gasteiger partial charge in [-0.1, -0.05) is 30.3 Å². The van der Waals surface area contributed by atoms with Gasteiger partial charge in [0.2, 0.25) is 0 Å². The molecule has 0 fully saturated rings. The number of thiazole rings is 1. The van der Waals surface area contributed by atoms with Gasteiger partial charge in [0.25, 0.3) is 0 Å². The lowest BCUT2D eigenvalue weighted by Gasteiger charge is -2.28. The normalized spacial score (nSPS) is 13.9. The van der Waals surface area contributed by atoms with E-state index in [1.807, 2.05) is 18.2 Å². The van der Waals surface area contributed by atoms with Crippen LogP contribution in [-0.2, 0) is 6.42 Å². The lowest BCUT2D eigenvalue weighted by atomic mass is 10.0. The summed E-state index contributed by atoms with van der Waals surface area (Å²) in [6, 6.07) is 16.5. The molecule has 3 nitrogen and oxygen atoms in total. The second-order valence-corrected chi connectivity index (χ2v) is 6.36. The van der Waals surface area contributed by atoms with Crippen LogP contribution in [0, 0.1) is 0 Å². The highest BCUT2D eigenvalue weighted by Gasteiger charge is 2.20. The predicted octanol–water partition coefficient (Wildman–Crippen LogP) is 4.48. The van der Waals surface area contributed by atoms with Crippen molar-refractivity contribution in [1.29, 1.82) is 0 Å². The van der Waals surface area contributed by atoms with Crippen molar-refractivity contribution in [2.24, 2.45) is 0 Å². The average Bonchev–Trinajstić information content (AvgIpc) is 3.04. The third kappa shape index (κ3) is 2.35. The van der Waals surface area contributed by atoms with Gasteiger partial charge >= 0.3 is 0 Å². The highest BCUT2D eigenvalue weighted by atomic mass is 32.1. The number of anilines is 3. The molecule has 4 heteroatoms. The van der Waals surface area contributed by atoms with E-state index in [0.717, 1.165) is 35.0 Å². The number of nitrogens with two attached hydrogens (primary N) is 1. The summed E-state index contributed by atoms with van der Waals surface area (Å²) in [6.07, 6.45) is 2.32. The molecule has 0 unspecified atom stereocenters. The largest absolute Gasteiger partial charge is 0.399 e. The molecule has 1 aliphatic heterocycles. The lowest BCUT2D eigenvalue weighted by Crippen LogP contribution is -2.24. The van der Waals surface area contributed by atoms with Crippen molar-refractivity contribution in [3.63, 3.8) is 0 Å². The molecular formula is C18H17N3S. The Balaban J connectivity index is 1.71. The maximum atomic E-state index is 5.87. The summed E-state index contributed by atoms with van der Waals surface area (Å²) in [5.41, 5.74) is 11.4. The third-order valence-corrected chi connectivity index (χ3v) is 4.88. The Morgan fingerprint density at radius 2 is 2.00 bits per heavy atom. The predicted molar refractivity (Wildman–Crippen MR) is 93.7 cm³/mol. The SMILES string of the molecule is Nc1cccc(-c2csc(N3CCCc4ccccc43)n2)c1. The molecule has 4 rings (SSSR count). The van der Waals surface area contributed by atoms with E-state index in [2.05, 4.69) is 40.6 Å². The van der Waals surface area contributed by atoms with E-state index in [-0.39, 0.29) is 0 Å². The summed E-state index contributed by atoms with van der Waals surface area (Å²) in [6.45, 7) is 1.03. The number of aryl methyl sites for hydroxylation is 1. The molecule has 1 aliphatic rings. The number of nitrogens with zero attached hydrogens (tertiary/aromatic N) is 2. The number of nitrogen functional groups attached to an aromatic ring is 1. The summed E-state index contributed by atoms with van der Waals surface area (Å²) in [5, 5.41) is 3.17. The van der Waals surface area contributed by atoms with E-state index in [4.69, 9.17) is 10.7 Å². The van der Waals surface area contributed by atoms with Crippen molar-refractivity contribution in [3.8, 4) is 11.3 Å². The maximum Gasteiger partial charge on any atom is 0.190 e. The van der Waals surface area contributed by atoms with Crippen molar-refractivity contribution >= 4 is 27.8 Å². The molecule has 0 spiro atoms. The third-order valence-electron chi connectivity index (χ3n) is 4.02. The Kier molecular flexibility index (Phi) is 3.31. The zero-order chi connectivity index (χ0) is 14.9. The number of aromatic nitrogens is 1. The van der Waals surface area contributed by atoms with Crippen LogP contribution < -0.4 is 10.6 Å². The van der Waals surface area contributed by atoms with Crippen LogP contribution in [0.3, 0.4) is 0 Å². The molecule has 3 aromatic rings. The van der Waals surface area contributed by atoms with E-state index >= 15 is 0 Å². The minimum absolute atomic E-state index is 0.773. The van der Waals surface area contributed by atoms with Gasteiger partial charge in [-0.05, 0) is 36.6 Å². The van der Waals surface area contributed by atoms with Crippen LogP contribution in [-0.4, -0.2) is 11.5 Å². The zero-order valence-electron chi connectivity index (χ0n) is 12.2. The first-order chi connectivity index (χ1) is 10.8. The van der Waals surface area contributed by atoms with Crippen molar-refractivity contribution in [2.75, 3.05) is 17.2 Å². The zero-order valence-corrected chi connectivity index (χ0v) is 13.0. The Hall–Kier alpha value is -2.33. The lowest BCUT2D eigenvalue weighted by molar-refractivity contribution is 0.765. The van der Waals surface area contributed by atoms with Gasteiger partial charge in [-0.2, -0.15) is 0 Å². The van der Waals surface area contributed by atoms with E-state index in [9.17, 15) is 0 Å². The number of hydrogen-bond acceptors (Lipinski definition) is 4. The Bertz CT molecular complexity index is 809. The standard InChI is InChI=1S/C18H17N3S/c19-15-8-3-6-14(11-15)16-12-22-18(20-16)21-10-4-7-13-5-1-2-9-17(13)21/h1-3,5-6,8-9,11-12H,4,7,10,19H2. The first kappa shape index (κ1) is 13.3. The molecule has 0 bridgehead atoms. The van der Waals surface area contributed by atoms with Crippen molar-refractivity contribution < 1.29 is 0 Å². The monoisotopic (exact) mass is 307 g/mol. The van der Waals surface area contributed by atoms with Crippen LogP contribution in [0.2, 0.25) is 0 Å². The second kappa shape index (κ2) is 5.46. The van der Waals surface area contributed by atoms with Crippen molar-refractivity contribution in [3.05, 3.63) is 59.5 Å². The quantitative estimate of drug-likeness (QED) is 0.710. The van der Waals surface area contributed by atoms with E-state index in [1.165, 1.54) is 17.7 Å². The summed E-state index contributed by atoms with van der Waals surface area (Å²) in [4.78, 5) is 7.17. The summed E-state index contributed by atoms with van der Waals surface area (Å²) >= 11 is 1.69. The molecule has 0 radical (unpaired) electrons. The minimum Gasteiger partial charge on any atom is -0.399 e. The highest BCUT2D eigenvalue weighted by Crippen LogP contribution is 2.36. The average molecular weight is 307 g/mol. The van der Waals surface area contributed by atoms with Crippen LogP contribution in [0.15, 0.2) is 53.9 Å². The molecule has 0 saturated carbocycles. The molecular weight excluding hydrogens is 290 g/mol. The van der Waals surface area contributed by atoms with Crippen molar-refractivity contribution in [2.45, 2.75) is 12.8 Å². The molecule has 2 heterocycles. The van der Waals surface area contributed by atoms with E-state index in [0.29, 0.717) is 0 Å². The Labute approximate surface area is 134 Å². The molecule has 1 aromatic heterocycles. The summed E-state index contributed by atoms with van der Waals surface area (Å²) in [5.74, 6) is 0. The fourth-order valence-corrected chi connectivity index (χ4v) is 3.82. The van der Waals surface area contributed by atoms with Gasteiger partial charge in [0, 0.05) is 28.9 Å². The molecule has 2 N–H and O–H groups in total. The fourth-order valence-electron chi connectivity index (χ4n) is 2.95. The van der Waals surface area contributed by atoms with E-state index in [1.54, 1.807) is 11.3 Å². The first-order valence-electron chi connectivity index (χ1n) is 7.48. The van der Waals surface area contributed by atoms with Gasteiger partial charge in [0.05, 0.1) is 5.69 Å². The molecule has 110 valence electrons. The van der Waals surface area contributed by atoms with Crippen LogP contribution in [0.1, 0.15) is 12.0 Å². The van der Waals surface area contributed by atoms with Crippen LogP contribution in [0.4, 0.5) is 16.5 Å². The Morgan fingerprint density at radius 1 is 1.09 bits per heavy atom. The van der Waals surface area contributed by atoms with Gasteiger partial charge < -0.3 is 10.6 Å². The Morgan fingerprint density at radius 3 is 2.91 bits per heavy atom. The van der Waals surface area contributed by atoms with Gasteiger partial charge in [0.15, 0.2) is 5.13 Å². The molecule has 2 aromatic carbocycles. The van der Waals surface area contributed by atoms with Gasteiger partial charge in [-0.15, -0.1) is 11.3 Å². The number of rotatable bonds is 2. The summed E-state index contributed by atoms with van der Waals surface area (Å²) < 4.78 is 0. The number of benzene rings is 2. The molecule has 0 aliphatic carbocycles. The van der Waals surface area contributed by atoms with Crippen LogP contribution in [0.5, 0.6) is 0 Å². The molecule has 22 heavy (non-hydrogen) atoms. The molecule has 0 saturated heterocycles. The van der Waals surface area contributed by atoms with Crippen molar-refractivity contribution in [1.82, 2.24) is 4.98 Å². The molecule has 0 amide bonds. The van der Waals surface area contributed by atoms with E-state index < -0.39 is 0 Å². The highest BCUT2D eigenvalue weighted by molar-refractivity contribution is 7.14. The molecule has 0 atom stereocenters. The maximum absolute atomic E-state index is 5.87. The van der Waals surface area contributed by atoms with Crippen LogP contribution in [0.25, 0.3) is 11.3 Å². The van der Waals surface area contributed by atoms with Gasteiger partial charge in [0.1, 0.15) is 0 Å². The van der Waals surface area contributed by atoms with Gasteiger partial charge in [-0.3, -0.25) is 0 Å². The van der Waals surface area contributed by atoms with Gasteiger partial charge in [-0.25, -0.2) is 4.98 Å². The second-order valence-electron chi connectivity index (χ2n) is 5.52. The first-order valence-corrected chi connectivity index (χ1v) is 8.36. The van der Waals surface area contributed by atoms with Crippen LogP contribution >= 0.6 is 11.3 Å². The minimum atomic E-state index is 0.773. The summed E-state index contributed by atoms with van der Waals surface area (Å²) in [7, 11) is 0. The number of hydrogen-bond donors (Lipinski definition) is 1. The smallest absolute Gasteiger partial charge is 0.190 e. The fraction of sp³-hybridized carbons (Fsp3) is 0.167. The topological polar surface area (TPSA) is 42.1 Å². The number of para-hydroxylation sites is 1.